The van der Waals surface area contributed by atoms with Crippen LogP contribution in [-0.2, 0) is 17.8 Å². The Kier molecular flexibility index (Phi) is 3.79. The van der Waals surface area contributed by atoms with E-state index in [1.54, 1.807) is 16.9 Å². The van der Waals surface area contributed by atoms with Crippen LogP contribution >= 0.6 is 11.6 Å². The van der Waals surface area contributed by atoms with Crippen molar-refractivity contribution < 1.29 is 9.18 Å². The monoisotopic (exact) mass is 308 g/mol. The van der Waals surface area contributed by atoms with Crippen LogP contribution in [0.25, 0.3) is 0 Å². The molecule has 3 rings (SSSR count). The van der Waals surface area contributed by atoms with Gasteiger partial charge in [-0.2, -0.15) is 5.10 Å². The summed E-state index contributed by atoms with van der Waals surface area (Å²) < 4.78 is 15.5. The van der Waals surface area contributed by atoms with Gasteiger partial charge < -0.3 is 10.6 Å². The van der Waals surface area contributed by atoms with Gasteiger partial charge in [0.2, 0.25) is 5.91 Å². The number of anilines is 2. The third-order valence-electron chi connectivity index (χ3n) is 3.35. The van der Waals surface area contributed by atoms with Gasteiger partial charge in [-0.05, 0) is 18.6 Å². The number of nitrogens with zero attached hydrogens (tertiary/aromatic N) is 2. The van der Waals surface area contributed by atoms with Gasteiger partial charge in [0.05, 0.1) is 12.6 Å². The number of carbonyl (C=O) groups is 1. The van der Waals surface area contributed by atoms with Crippen LogP contribution in [0.5, 0.6) is 0 Å². The standard InChI is InChI=1S/C14H14ClFN4O/c15-10-3-1-4-11(16)9(10)7-13(21)19-12-8-18-20-6-2-5-17-14(12)20/h1,3-4,8,17H,2,5-7H2,(H,19,21). The van der Waals surface area contributed by atoms with Crippen molar-refractivity contribution in [3.05, 3.63) is 40.8 Å². The van der Waals surface area contributed by atoms with Gasteiger partial charge in [0.15, 0.2) is 0 Å². The molecule has 110 valence electrons. The van der Waals surface area contributed by atoms with E-state index in [4.69, 9.17) is 11.6 Å². The maximum atomic E-state index is 13.7. The minimum atomic E-state index is -0.479. The molecule has 2 heterocycles. The predicted octanol–water partition coefficient (Wildman–Crippen LogP) is 2.67. The van der Waals surface area contributed by atoms with Crippen LogP contribution in [-0.4, -0.2) is 22.2 Å². The molecule has 2 aromatic rings. The van der Waals surface area contributed by atoms with Gasteiger partial charge in [-0.1, -0.05) is 17.7 Å². The van der Waals surface area contributed by atoms with Gasteiger partial charge in [0.1, 0.15) is 17.3 Å². The number of aryl methyl sites for hydroxylation is 1. The molecule has 1 aliphatic rings. The lowest BCUT2D eigenvalue weighted by Crippen LogP contribution is -2.20. The van der Waals surface area contributed by atoms with Crippen LogP contribution in [0.4, 0.5) is 15.9 Å². The average Bonchev–Trinajstić information content (AvgIpc) is 2.87. The Morgan fingerprint density at radius 2 is 2.38 bits per heavy atom. The molecule has 0 unspecified atom stereocenters. The Labute approximate surface area is 126 Å². The molecular formula is C14H14ClFN4O. The number of nitrogens with one attached hydrogen (secondary N) is 2. The highest BCUT2D eigenvalue weighted by Crippen LogP contribution is 2.25. The third kappa shape index (κ3) is 2.85. The van der Waals surface area contributed by atoms with E-state index < -0.39 is 5.82 Å². The van der Waals surface area contributed by atoms with Crippen molar-refractivity contribution in [2.24, 2.45) is 0 Å². The molecule has 0 fully saturated rings. The molecule has 21 heavy (non-hydrogen) atoms. The highest BCUT2D eigenvalue weighted by molar-refractivity contribution is 6.31. The van der Waals surface area contributed by atoms with Gasteiger partial charge in [-0.3, -0.25) is 4.79 Å². The van der Waals surface area contributed by atoms with Gasteiger partial charge in [0, 0.05) is 23.7 Å². The molecular weight excluding hydrogens is 295 g/mol. The molecule has 0 bridgehead atoms. The van der Waals surface area contributed by atoms with E-state index in [0.29, 0.717) is 5.69 Å². The summed E-state index contributed by atoms with van der Waals surface area (Å²) in [6.45, 7) is 1.66. The van der Waals surface area contributed by atoms with Crippen LogP contribution in [0.1, 0.15) is 12.0 Å². The zero-order chi connectivity index (χ0) is 14.8. The summed E-state index contributed by atoms with van der Waals surface area (Å²) in [5.41, 5.74) is 0.804. The van der Waals surface area contributed by atoms with Gasteiger partial charge >= 0.3 is 0 Å². The molecule has 7 heteroatoms. The van der Waals surface area contributed by atoms with E-state index in [9.17, 15) is 9.18 Å². The Balaban J connectivity index is 1.74. The normalized spacial score (nSPS) is 13.4. The lowest BCUT2D eigenvalue weighted by molar-refractivity contribution is -0.115. The smallest absolute Gasteiger partial charge is 0.229 e. The van der Waals surface area contributed by atoms with Crippen LogP contribution in [0.3, 0.4) is 0 Å². The number of halogens is 2. The Hall–Kier alpha value is -2.08. The van der Waals surface area contributed by atoms with E-state index in [-0.39, 0.29) is 22.9 Å². The molecule has 1 aliphatic heterocycles. The van der Waals surface area contributed by atoms with Crippen molar-refractivity contribution in [1.29, 1.82) is 0 Å². The first-order chi connectivity index (χ1) is 10.1. The molecule has 0 saturated heterocycles. The lowest BCUT2D eigenvalue weighted by atomic mass is 10.1. The Bertz CT molecular complexity index is 665. The Morgan fingerprint density at radius 3 is 3.19 bits per heavy atom. The zero-order valence-electron chi connectivity index (χ0n) is 11.2. The maximum absolute atomic E-state index is 13.7. The van der Waals surface area contributed by atoms with Crippen LogP contribution < -0.4 is 10.6 Å². The minimum absolute atomic E-state index is 0.115. The summed E-state index contributed by atoms with van der Waals surface area (Å²) in [7, 11) is 0. The first kappa shape index (κ1) is 13.9. The number of aromatic nitrogens is 2. The first-order valence-corrected chi connectivity index (χ1v) is 7.05. The molecule has 1 aromatic heterocycles. The molecule has 0 atom stereocenters. The second kappa shape index (κ2) is 5.73. The number of hydrogen-bond acceptors (Lipinski definition) is 3. The van der Waals surface area contributed by atoms with Crippen LogP contribution in [0, 0.1) is 5.82 Å². The summed E-state index contributed by atoms with van der Waals surface area (Å²) in [5, 5.41) is 10.4. The van der Waals surface area contributed by atoms with E-state index in [2.05, 4.69) is 15.7 Å². The maximum Gasteiger partial charge on any atom is 0.229 e. The van der Waals surface area contributed by atoms with Crippen molar-refractivity contribution in [2.45, 2.75) is 19.4 Å². The van der Waals surface area contributed by atoms with Crippen molar-refractivity contribution in [3.8, 4) is 0 Å². The fourth-order valence-electron chi connectivity index (χ4n) is 2.32. The second-order valence-corrected chi connectivity index (χ2v) is 5.24. The molecule has 0 spiro atoms. The highest BCUT2D eigenvalue weighted by Gasteiger charge is 2.17. The Morgan fingerprint density at radius 1 is 1.52 bits per heavy atom. The molecule has 2 N–H and O–H groups in total. The molecule has 1 amide bonds. The summed E-state index contributed by atoms with van der Waals surface area (Å²) in [5.74, 6) is -0.0211. The quantitative estimate of drug-likeness (QED) is 0.916. The topological polar surface area (TPSA) is 59.0 Å². The second-order valence-electron chi connectivity index (χ2n) is 4.84. The minimum Gasteiger partial charge on any atom is -0.368 e. The SMILES string of the molecule is O=C(Cc1c(F)cccc1Cl)Nc1cnn2c1NCCC2. The van der Waals surface area contributed by atoms with E-state index in [1.165, 1.54) is 12.1 Å². The van der Waals surface area contributed by atoms with Crippen LogP contribution in [0.15, 0.2) is 24.4 Å². The molecule has 5 nitrogen and oxygen atoms in total. The van der Waals surface area contributed by atoms with Gasteiger partial charge in [0.25, 0.3) is 0 Å². The fourth-order valence-corrected chi connectivity index (χ4v) is 2.55. The van der Waals surface area contributed by atoms with Crippen LogP contribution in [0.2, 0.25) is 5.02 Å². The average molecular weight is 309 g/mol. The summed E-state index contributed by atoms with van der Waals surface area (Å²) in [6.07, 6.45) is 2.47. The van der Waals surface area contributed by atoms with E-state index >= 15 is 0 Å². The van der Waals surface area contributed by atoms with Crippen molar-refractivity contribution in [3.63, 3.8) is 0 Å². The number of benzene rings is 1. The van der Waals surface area contributed by atoms with E-state index in [0.717, 1.165) is 25.3 Å². The van der Waals surface area contributed by atoms with Crippen molar-refractivity contribution >= 4 is 29.0 Å². The third-order valence-corrected chi connectivity index (χ3v) is 3.71. The lowest BCUT2D eigenvalue weighted by Gasteiger charge is -2.17. The zero-order valence-corrected chi connectivity index (χ0v) is 12.0. The highest BCUT2D eigenvalue weighted by atomic mass is 35.5. The summed E-state index contributed by atoms with van der Waals surface area (Å²) >= 11 is 5.92. The van der Waals surface area contributed by atoms with Gasteiger partial charge in [-0.15, -0.1) is 0 Å². The van der Waals surface area contributed by atoms with Crippen molar-refractivity contribution in [2.75, 3.05) is 17.2 Å². The summed E-state index contributed by atoms with van der Waals surface area (Å²) in [6, 6.07) is 4.37. The number of fused-ring (bicyclic) bond motifs is 1. The van der Waals surface area contributed by atoms with Crippen molar-refractivity contribution in [1.82, 2.24) is 9.78 Å². The molecule has 0 radical (unpaired) electrons. The number of rotatable bonds is 3. The molecule has 0 saturated carbocycles. The fraction of sp³-hybridized carbons (Fsp3) is 0.286. The largest absolute Gasteiger partial charge is 0.368 e. The van der Waals surface area contributed by atoms with Gasteiger partial charge in [-0.25, -0.2) is 9.07 Å². The predicted molar refractivity (Wildman–Crippen MR) is 79.1 cm³/mol. The molecule has 0 aliphatic carbocycles. The number of carbonyl (C=O) groups excluding carboxylic acids is 1. The number of hydrogen-bond donors (Lipinski definition) is 2. The number of amides is 1. The van der Waals surface area contributed by atoms with E-state index in [1.807, 2.05) is 0 Å². The molecule has 1 aromatic carbocycles. The first-order valence-electron chi connectivity index (χ1n) is 6.67. The summed E-state index contributed by atoms with van der Waals surface area (Å²) in [4.78, 5) is 12.1.